The first kappa shape index (κ1) is 17.7. The standard InChI is InChI=1S/C13H19BrN2O2S2.ClH/c1-8-12(5-13(14)19-8)20(17,18)16-6-9-3-2-4-11(15)10(9)7-16;/h5,9-11H,2-4,6-7,15H2,1H3;1H. The number of halogens is 2. The van der Waals surface area contributed by atoms with Gasteiger partial charge in [0.25, 0.3) is 0 Å². The SMILES string of the molecule is Cc1sc(Br)cc1S(=O)(=O)N1CC2CCCC(N)C2C1.Cl. The van der Waals surface area contributed by atoms with E-state index >= 15 is 0 Å². The van der Waals surface area contributed by atoms with Gasteiger partial charge in [0.1, 0.15) is 0 Å². The van der Waals surface area contributed by atoms with Gasteiger partial charge in [0.05, 0.1) is 8.68 Å². The highest BCUT2D eigenvalue weighted by atomic mass is 79.9. The molecule has 1 aromatic rings. The van der Waals surface area contributed by atoms with E-state index < -0.39 is 10.0 Å². The second-order valence-electron chi connectivity index (χ2n) is 5.81. The summed E-state index contributed by atoms with van der Waals surface area (Å²) in [7, 11) is -3.37. The third-order valence-corrected chi connectivity index (χ3v) is 8.22. The molecule has 1 aliphatic carbocycles. The summed E-state index contributed by atoms with van der Waals surface area (Å²) in [5.41, 5.74) is 6.17. The normalized spacial score (nSPS) is 30.0. The van der Waals surface area contributed by atoms with Crippen LogP contribution in [0.1, 0.15) is 24.1 Å². The maximum absolute atomic E-state index is 12.8. The molecule has 0 aromatic carbocycles. The molecule has 1 aliphatic heterocycles. The molecule has 0 spiro atoms. The molecule has 1 aromatic heterocycles. The Labute approximate surface area is 144 Å². The Morgan fingerprint density at radius 2 is 2.10 bits per heavy atom. The van der Waals surface area contributed by atoms with E-state index in [0.29, 0.717) is 29.8 Å². The average molecular weight is 416 g/mol. The molecule has 2 N–H and O–H groups in total. The number of sulfonamides is 1. The van der Waals surface area contributed by atoms with Crippen molar-refractivity contribution in [2.24, 2.45) is 17.6 Å². The van der Waals surface area contributed by atoms with Crippen molar-refractivity contribution in [3.05, 3.63) is 14.7 Å². The summed E-state index contributed by atoms with van der Waals surface area (Å²) in [4.78, 5) is 1.29. The number of thiophene rings is 1. The molecule has 0 amide bonds. The second kappa shape index (κ2) is 6.45. The van der Waals surface area contributed by atoms with Gasteiger partial charge in [-0.3, -0.25) is 0 Å². The van der Waals surface area contributed by atoms with E-state index in [-0.39, 0.29) is 18.4 Å². The van der Waals surface area contributed by atoms with Crippen molar-refractivity contribution in [2.75, 3.05) is 13.1 Å². The zero-order chi connectivity index (χ0) is 14.5. The smallest absolute Gasteiger partial charge is 0.244 e. The molecular formula is C13H20BrClN2O2S2. The summed E-state index contributed by atoms with van der Waals surface area (Å²) in [6, 6.07) is 1.88. The zero-order valence-corrected chi connectivity index (χ0v) is 15.8. The van der Waals surface area contributed by atoms with Gasteiger partial charge in [-0.2, -0.15) is 4.31 Å². The highest BCUT2D eigenvalue weighted by Gasteiger charge is 2.43. The molecule has 4 nitrogen and oxygen atoms in total. The first-order valence-corrected chi connectivity index (χ1v) is 9.96. The number of fused-ring (bicyclic) bond motifs is 1. The molecule has 2 heterocycles. The van der Waals surface area contributed by atoms with Crippen LogP contribution >= 0.6 is 39.7 Å². The van der Waals surface area contributed by atoms with Crippen LogP contribution in [0.3, 0.4) is 0 Å². The molecule has 8 heteroatoms. The highest BCUT2D eigenvalue weighted by molar-refractivity contribution is 9.11. The zero-order valence-electron chi connectivity index (χ0n) is 11.8. The van der Waals surface area contributed by atoms with E-state index in [9.17, 15) is 8.42 Å². The number of hydrogen-bond donors (Lipinski definition) is 1. The molecule has 2 fully saturated rings. The Balaban J connectivity index is 0.00000161. The Bertz CT molecular complexity index is 620. The van der Waals surface area contributed by atoms with Crippen molar-refractivity contribution in [1.29, 1.82) is 0 Å². The predicted octanol–water partition coefficient (Wildman–Crippen LogP) is 2.99. The fourth-order valence-electron chi connectivity index (χ4n) is 3.50. The van der Waals surface area contributed by atoms with Crippen LogP contribution in [-0.4, -0.2) is 31.9 Å². The fraction of sp³-hybridized carbons (Fsp3) is 0.692. The average Bonchev–Trinajstić information content (AvgIpc) is 2.94. The Kier molecular flexibility index (Phi) is 5.43. The van der Waals surface area contributed by atoms with Gasteiger partial charge < -0.3 is 5.73 Å². The number of nitrogens with two attached hydrogens (primary N) is 1. The third kappa shape index (κ3) is 3.19. The van der Waals surface area contributed by atoms with E-state index in [1.807, 2.05) is 6.92 Å². The Hall–Kier alpha value is 0.340. The Morgan fingerprint density at radius 1 is 1.38 bits per heavy atom. The van der Waals surface area contributed by atoms with Gasteiger partial charge in [0, 0.05) is 24.0 Å². The molecule has 1 saturated carbocycles. The first-order chi connectivity index (χ1) is 9.39. The minimum absolute atomic E-state index is 0. The topological polar surface area (TPSA) is 63.4 Å². The van der Waals surface area contributed by atoms with Crippen molar-refractivity contribution in [3.8, 4) is 0 Å². The summed E-state index contributed by atoms with van der Waals surface area (Å²) < 4.78 is 28.1. The molecule has 3 rings (SSSR count). The summed E-state index contributed by atoms with van der Waals surface area (Å²) in [5.74, 6) is 0.775. The van der Waals surface area contributed by atoms with Crippen LogP contribution in [0.4, 0.5) is 0 Å². The molecule has 120 valence electrons. The number of hydrogen-bond acceptors (Lipinski definition) is 4. The molecule has 3 unspecified atom stereocenters. The van der Waals surface area contributed by atoms with Crippen LogP contribution in [-0.2, 0) is 10.0 Å². The van der Waals surface area contributed by atoms with Crippen LogP contribution in [0.2, 0.25) is 0 Å². The largest absolute Gasteiger partial charge is 0.327 e. The fourth-order valence-corrected chi connectivity index (χ4v) is 7.42. The van der Waals surface area contributed by atoms with Crippen LogP contribution < -0.4 is 5.73 Å². The van der Waals surface area contributed by atoms with Crippen molar-refractivity contribution in [1.82, 2.24) is 4.31 Å². The number of nitrogens with zero attached hydrogens (tertiary/aromatic N) is 1. The molecule has 3 atom stereocenters. The summed E-state index contributed by atoms with van der Waals surface area (Å²) >= 11 is 4.84. The quantitative estimate of drug-likeness (QED) is 0.807. The summed E-state index contributed by atoms with van der Waals surface area (Å²) in [6.07, 6.45) is 3.26. The van der Waals surface area contributed by atoms with Crippen LogP contribution in [0, 0.1) is 18.8 Å². The summed E-state index contributed by atoms with van der Waals surface area (Å²) in [5, 5.41) is 0. The van der Waals surface area contributed by atoms with E-state index in [4.69, 9.17) is 5.73 Å². The van der Waals surface area contributed by atoms with Gasteiger partial charge in [-0.25, -0.2) is 8.42 Å². The lowest BCUT2D eigenvalue weighted by molar-refractivity contribution is 0.260. The van der Waals surface area contributed by atoms with Gasteiger partial charge in [-0.15, -0.1) is 23.7 Å². The first-order valence-electron chi connectivity index (χ1n) is 6.91. The van der Waals surface area contributed by atoms with Crippen molar-refractivity contribution < 1.29 is 8.42 Å². The monoisotopic (exact) mass is 414 g/mol. The highest BCUT2D eigenvalue weighted by Crippen LogP contribution is 2.39. The molecular weight excluding hydrogens is 396 g/mol. The predicted molar refractivity (Wildman–Crippen MR) is 91.6 cm³/mol. The van der Waals surface area contributed by atoms with E-state index in [0.717, 1.165) is 27.9 Å². The van der Waals surface area contributed by atoms with Crippen LogP contribution in [0.25, 0.3) is 0 Å². The van der Waals surface area contributed by atoms with Gasteiger partial charge >= 0.3 is 0 Å². The van der Waals surface area contributed by atoms with E-state index in [1.165, 1.54) is 11.3 Å². The summed E-state index contributed by atoms with van der Waals surface area (Å²) in [6.45, 7) is 3.08. The van der Waals surface area contributed by atoms with E-state index in [1.54, 1.807) is 10.4 Å². The minimum Gasteiger partial charge on any atom is -0.327 e. The van der Waals surface area contributed by atoms with E-state index in [2.05, 4.69) is 15.9 Å². The van der Waals surface area contributed by atoms with Gasteiger partial charge in [-0.1, -0.05) is 6.42 Å². The van der Waals surface area contributed by atoms with Gasteiger partial charge in [-0.05, 0) is 53.6 Å². The molecule has 1 saturated heterocycles. The molecule has 0 bridgehead atoms. The maximum Gasteiger partial charge on any atom is 0.244 e. The van der Waals surface area contributed by atoms with Crippen LogP contribution in [0.5, 0.6) is 0 Å². The van der Waals surface area contributed by atoms with Crippen LogP contribution in [0.15, 0.2) is 14.7 Å². The third-order valence-electron chi connectivity index (χ3n) is 4.58. The molecule has 0 radical (unpaired) electrons. The van der Waals surface area contributed by atoms with Crippen molar-refractivity contribution in [3.63, 3.8) is 0 Å². The van der Waals surface area contributed by atoms with Gasteiger partial charge in [0.15, 0.2) is 0 Å². The maximum atomic E-state index is 12.8. The Morgan fingerprint density at radius 3 is 2.67 bits per heavy atom. The minimum atomic E-state index is -3.37. The lowest BCUT2D eigenvalue weighted by Gasteiger charge is -2.29. The van der Waals surface area contributed by atoms with Crippen molar-refractivity contribution >= 4 is 49.7 Å². The van der Waals surface area contributed by atoms with Gasteiger partial charge in [0.2, 0.25) is 10.0 Å². The second-order valence-corrected chi connectivity index (χ2v) is 10.4. The lowest BCUT2D eigenvalue weighted by atomic mass is 9.78. The lowest BCUT2D eigenvalue weighted by Crippen LogP contribution is -2.38. The van der Waals surface area contributed by atoms with Crippen molar-refractivity contribution in [2.45, 2.75) is 37.1 Å². The molecule has 21 heavy (non-hydrogen) atoms. The molecule has 2 aliphatic rings. The number of rotatable bonds is 2. The number of aryl methyl sites for hydroxylation is 1.